The van der Waals surface area contributed by atoms with E-state index < -0.39 is 5.91 Å². The fourth-order valence-electron chi connectivity index (χ4n) is 2.04. The van der Waals surface area contributed by atoms with E-state index in [0.717, 1.165) is 22.6 Å². The molecule has 2 rings (SSSR count). The van der Waals surface area contributed by atoms with Gasteiger partial charge in [0.15, 0.2) is 0 Å². The standard InChI is InChI=1S/C18H19NO2/c1-13(2)16-8-3-4-9-17(16)21-15-7-5-6-14(12-15)10-11-18(19)20/h3-13H,1-2H3,(H2,19,20). The largest absolute Gasteiger partial charge is 0.457 e. The van der Waals surface area contributed by atoms with Crippen molar-refractivity contribution in [3.05, 3.63) is 65.7 Å². The van der Waals surface area contributed by atoms with Crippen molar-refractivity contribution in [1.29, 1.82) is 0 Å². The zero-order valence-corrected chi connectivity index (χ0v) is 12.2. The van der Waals surface area contributed by atoms with E-state index in [1.807, 2.05) is 42.5 Å². The summed E-state index contributed by atoms with van der Waals surface area (Å²) in [4.78, 5) is 10.8. The molecule has 0 unspecified atom stereocenters. The van der Waals surface area contributed by atoms with E-state index in [0.29, 0.717) is 5.92 Å². The fraction of sp³-hybridized carbons (Fsp3) is 0.167. The molecular weight excluding hydrogens is 262 g/mol. The lowest BCUT2D eigenvalue weighted by Gasteiger charge is -2.13. The molecule has 3 nitrogen and oxygen atoms in total. The van der Waals surface area contributed by atoms with Crippen molar-refractivity contribution in [1.82, 2.24) is 0 Å². The lowest BCUT2D eigenvalue weighted by atomic mass is 10.0. The lowest BCUT2D eigenvalue weighted by Crippen LogP contribution is -2.05. The summed E-state index contributed by atoms with van der Waals surface area (Å²) in [5.74, 6) is 1.50. The predicted molar refractivity (Wildman–Crippen MR) is 85.3 cm³/mol. The summed E-state index contributed by atoms with van der Waals surface area (Å²) in [6, 6.07) is 15.5. The van der Waals surface area contributed by atoms with Crippen LogP contribution in [0.4, 0.5) is 0 Å². The molecule has 2 aromatic carbocycles. The zero-order chi connectivity index (χ0) is 15.2. The highest BCUT2D eigenvalue weighted by molar-refractivity contribution is 5.90. The maximum absolute atomic E-state index is 10.8. The van der Waals surface area contributed by atoms with Gasteiger partial charge in [0, 0.05) is 6.08 Å². The van der Waals surface area contributed by atoms with E-state index in [-0.39, 0.29) is 0 Å². The van der Waals surface area contributed by atoms with E-state index in [1.165, 1.54) is 6.08 Å². The summed E-state index contributed by atoms with van der Waals surface area (Å²) in [5, 5.41) is 0. The van der Waals surface area contributed by atoms with Gasteiger partial charge in [0.1, 0.15) is 11.5 Å². The molecule has 0 heterocycles. The molecular formula is C18H19NO2. The summed E-state index contributed by atoms with van der Waals surface area (Å²) in [7, 11) is 0. The molecule has 0 aliphatic rings. The molecule has 0 aliphatic heterocycles. The van der Waals surface area contributed by atoms with Gasteiger partial charge >= 0.3 is 0 Å². The van der Waals surface area contributed by atoms with Crippen LogP contribution in [0, 0.1) is 0 Å². The first kappa shape index (κ1) is 14.9. The Balaban J connectivity index is 2.24. The molecule has 0 aromatic heterocycles. The third-order valence-electron chi connectivity index (χ3n) is 3.07. The minimum absolute atomic E-state index is 0.388. The van der Waals surface area contributed by atoms with Crippen LogP contribution in [0.5, 0.6) is 11.5 Å². The topological polar surface area (TPSA) is 52.3 Å². The Morgan fingerprint density at radius 3 is 2.62 bits per heavy atom. The molecule has 0 spiro atoms. The Morgan fingerprint density at radius 1 is 1.14 bits per heavy atom. The lowest BCUT2D eigenvalue weighted by molar-refractivity contribution is -0.113. The second-order valence-corrected chi connectivity index (χ2v) is 5.10. The number of nitrogens with two attached hydrogens (primary N) is 1. The molecule has 0 bridgehead atoms. The third kappa shape index (κ3) is 4.21. The summed E-state index contributed by atoms with van der Waals surface area (Å²) in [6.45, 7) is 4.27. The number of ether oxygens (including phenoxy) is 1. The monoisotopic (exact) mass is 281 g/mol. The molecule has 0 saturated heterocycles. The number of hydrogen-bond donors (Lipinski definition) is 1. The molecule has 0 radical (unpaired) electrons. The van der Waals surface area contributed by atoms with Crippen molar-refractivity contribution in [2.75, 3.05) is 0 Å². The first-order valence-corrected chi connectivity index (χ1v) is 6.90. The molecule has 3 heteroatoms. The van der Waals surface area contributed by atoms with Gasteiger partial charge in [-0.2, -0.15) is 0 Å². The Hall–Kier alpha value is -2.55. The van der Waals surface area contributed by atoms with Crippen molar-refractivity contribution in [2.24, 2.45) is 5.73 Å². The van der Waals surface area contributed by atoms with E-state index in [4.69, 9.17) is 10.5 Å². The Labute approximate surface area is 125 Å². The van der Waals surface area contributed by atoms with Crippen LogP contribution in [0.3, 0.4) is 0 Å². The predicted octanol–water partition coefficient (Wildman–Crippen LogP) is 4.10. The van der Waals surface area contributed by atoms with Crippen LogP contribution in [-0.4, -0.2) is 5.91 Å². The van der Waals surface area contributed by atoms with Gasteiger partial charge < -0.3 is 10.5 Å². The van der Waals surface area contributed by atoms with Crippen molar-refractivity contribution in [3.63, 3.8) is 0 Å². The normalized spacial score (nSPS) is 11.0. The van der Waals surface area contributed by atoms with Crippen LogP contribution in [0.15, 0.2) is 54.6 Å². The van der Waals surface area contributed by atoms with Crippen molar-refractivity contribution in [2.45, 2.75) is 19.8 Å². The third-order valence-corrected chi connectivity index (χ3v) is 3.07. The molecule has 2 aromatic rings. The second-order valence-electron chi connectivity index (χ2n) is 5.10. The molecule has 108 valence electrons. The van der Waals surface area contributed by atoms with Gasteiger partial charge in [-0.3, -0.25) is 4.79 Å². The number of amides is 1. The first-order valence-electron chi connectivity index (χ1n) is 6.90. The fourth-order valence-corrected chi connectivity index (χ4v) is 2.04. The van der Waals surface area contributed by atoms with Gasteiger partial charge in [-0.1, -0.05) is 44.2 Å². The number of para-hydroxylation sites is 1. The van der Waals surface area contributed by atoms with Crippen LogP contribution >= 0.6 is 0 Å². The Bertz CT molecular complexity index is 660. The zero-order valence-electron chi connectivity index (χ0n) is 12.2. The number of hydrogen-bond acceptors (Lipinski definition) is 2. The van der Waals surface area contributed by atoms with Gasteiger partial charge in [0.2, 0.25) is 5.91 Å². The number of carbonyl (C=O) groups excluding carboxylic acids is 1. The van der Waals surface area contributed by atoms with Crippen LogP contribution < -0.4 is 10.5 Å². The van der Waals surface area contributed by atoms with Crippen LogP contribution in [-0.2, 0) is 4.79 Å². The number of benzene rings is 2. The minimum atomic E-state index is -0.466. The summed E-state index contributed by atoms with van der Waals surface area (Å²) >= 11 is 0. The maximum Gasteiger partial charge on any atom is 0.241 e. The summed E-state index contributed by atoms with van der Waals surface area (Å²) in [6.07, 6.45) is 3.00. The van der Waals surface area contributed by atoms with Gasteiger partial charge in [0.25, 0.3) is 0 Å². The smallest absolute Gasteiger partial charge is 0.241 e. The van der Waals surface area contributed by atoms with E-state index in [9.17, 15) is 4.79 Å². The highest BCUT2D eigenvalue weighted by Crippen LogP contribution is 2.30. The van der Waals surface area contributed by atoms with Gasteiger partial charge in [-0.15, -0.1) is 0 Å². The van der Waals surface area contributed by atoms with Crippen molar-refractivity contribution < 1.29 is 9.53 Å². The second kappa shape index (κ2) is 6.75. The Morgan fingerprint density at radius 2 is 1.90 bits per heavy atom. The van der Waals surface area contributed by atoms with Crippen LogP contribution in [0.2, 0.25) is 0 Å². The quantitative estimate of drug-likeness (QED) is 0.839. The molecule has 0 atom stereocenters. The van der Waals surface area contributed by atoms with Crippen LogP contribution in [0.1, 0.15) is 30.9 Å². The molecule has 2 N–H and O–H groups in total. The average molecular weight is 281 g/mol. The van der Waals surface area contributed by atoms with Crippen LogP contribution in [0.25, 0.3) is 6.08 Å². The van der Waals surface area contributed by atoms with E-state index >= 15 is 0 Å². The molecule has 0 fully saturated rings. The van der Waals surface area contributed by atoms with Crippen molar-refractivity contribution in [3.8, 4) is 11.5 Å². The number of primary amides is 1. The summed E-state index contributed by atoms with van der Waals surface area (Å²) in [5.41, 5.74) is 7.13. The van der Waals surface area contributed by atoms with Crippen molar-refractivity contribution >= 4 is 12.0 Å². The van der Waals surface area contributed by atoms with E-state index in [2.05, 4.69) is 19.9 Å². The SMILES string of the molecule is CC(C)c1ccccc1Oc1cccc(C=CC(N)=O)c1. The number of carbonyl (C=O) groups is 1. The average Bonchev–Trinajstić information content (AvgIpc) is 2.46. The molecule has 1 amide bonds. The first-order chi connectivity index (χ1) is 10.1. The molecule has 21 heavy (non-hydrogen) atoms. The number of rotatable bonds is 5. The molecule has 0 saturated carbocycles. The van der Waals surface area contributed by atoms with E-state index in [1.54, 1.807) is 6.08 Å². The molecule has 0 aliphatic carbocycles. The van der Waals surface area contributed by atoms with Gasteiger partial charge in [-0.05, 0) is 41.3 Å². The Kier molecular flexibility index (Phi) is 4.77. The highest BCUT2D eigenvalue weighted by Gasteiger charge is 2.07. The van der Waals surface area contributed by atoms with Gasteiger partial charge in [0.05, 0.1) is 0 Å². The summed E-state index contributed by atoms with van der Waals surface area (Å²) < 4.78 is 5.97. The highest BCUT2D eigenvalue weighted by atomic mass is 16.5. The van der Waals surface area contributed by atoms with Gasteiger partial charge in [-0.25, -0.2) is 0 Å². The maximum atomic E-state index is 10.8. The minimum Gasteiger partial charge on any atom is -0.457 e.